The number of likely N-dealkylation sites (tertiary alicyclic amines) is 1. The molecule has 1 aliphatic heterocycles. The Labute approximate surface area is 122 Å². The zero-order chi connectivity index (χ0) is 15.5. The number of nitrogens with zero attached hydrogens (tertiary/aromatic N) is 1. The van der Waals surface area contributed by atoms with Gasteiger partial charge in [-0.05, 0) is 25.1 Å². The number of halogens is 2. The number of carboxylic acids is 1. The molecule has 1 N–H and O–H groups in total. The average molecular weight is 301 g/mol. The molecule has 2 rings (SSSR count). The van der Waals surface area contributed by atoms with E-state index >= 15 is 0 Å². The summed E-state index contributed by atoms with van der Waals surface area (Å²) < 4.78 is 33.5. The highest BCUT2D eigenvalue weighted by Crippen LogP contribution is 2.36. The van der Waals surface area contributed by atoms with Crippen molar-refractivity contribution in [2.75, 3.05) is 13.1 Å². The molecule has 21 heavy (non-hydrogen) atoms. The molecule has 1 atom stereocenters. The Morgan fingerprint density at radius 3 is 2.76 bits per heavy atom. The van der Waals surface area contributed by atoms with Crippen molar-refractivity contribution in [3.05, 3.63) is 23.7 Å². The first-order valence-electron chi connectivity index (χ1n) is 7.30. The molecule has 4 nitrogen and oxygen atoms in total. The smallest absolute Gasteiger partial charge is 0.303 e. The Morgan fingerprint density at radius 1 is 1.43 bits per heavy atom. The van der Waals surface area contributed by atoms with Crippen molar-refractivity contribution in [3.63, 3.8) is 0 Å². The van der Waals surface area contributed by atoms with Crippen molar-refractivity contribution in [1.29, 1.82) is 0 Å². The number of hydrogen-bond donors (Lipinski definition) is 1. The minimum absolute atomic E-state index is 0.195. The van der Waals surface area contributed by atoms with Gasteiger partial charge in [-0.25, -0.2) is 8.78 Å². The van der Waals surface area contributed by atoms with Crippen molar-refractivity contribution in [2.24, 2.45) is 5.92 Å². The summed E-state index contributed by atoms with van der Waals surface area (Å²) in [6, 6.07) is 3.77. The van der Waals surface area contributed by atoms with E-state index in [0.29, 0.717) is 13.1 Å². The van der Waals surface area contributed by atoms with Gasteiger partial charge < -0.3 is 9.52 Å². The number of alkyl halides is 2. The van der Waals surface area contributed by atoms with Gasteiger partial charge in [-0.15, -0.1) is 0 Å². The van der Waals surface area contributed by atoms with Crippen molar-refractivity contribution in [3.8, 4) is 0 Å². The normalized spacial score (nSPS) is 22.9. The fourth-order valence-electron chi connectivity index (χ4n) is 2.71. The van der Waals surface area contributed by atoms with Crippen LogP contribution in [-0.2, 0) is 17.8 Å². The van der Waals surface area contributed by atoms with E-state index < -0.39 is 24.2 Å². The third kappa shape index (κ3) is 4.27. The number of rotatable bonds is 5. The lowest BCUT2D eigenvalue weighted by atomic mass is 9.93. The molecule has 1 aromatic heterocycles. The summed E-state index contributed by atoms with van der Waals surface area (Å²) in [5, 5.41) is 8.76. The monoisotopic (exact) mass is 301 g/mol. The van der Waals surface area contributed by atoms with E-state index in [-0.39, 0.29) is 19.4 Å². The lowest BCUT2D eigenvalue weighted by molar-refractivity contribution is -0.143. The van der Waals surface area contributed by atoms with Crippen LogP contribution in [0.15, 0.2) is 16.5 Å². The third-order valence-corrected chi connectivity index (χ3v) is 4.02. The predicted molar refractivity (Wildman–Crippen MR) is 73.3 cm³/mol. The second kappa shape index (κ2) is 6.56. The van der Waals surface area contributed by atoms with Crippen LogP contribution < -0.4 is 0 Å². The summed E-state index contributed by atoms with van der Waals surface area (Å²) >= 11 is 0. The molecule has 0 amide bonds. The van der Waals surface area contributed by atoms with Crippen LogP contribution in [0.5, 0.6) is 0 Å². The van der Waals surface area contributed by atoms with Gasteiger partial charge in [-0.2, -0.15) is 0 Å². The second-order valence-electron chi connectivity index (χ2n) is 5.59. The summed E-state index contributed by atoms with van der Waals surface area (Å²) in [6.07, 6.45) is 0.229. The van der Waals surface area contributed by atoms with Crippen LogP contribution in [0.2, 0.25) is 0 Å². The fraction of sp³-hybridized carbons (Fsp3) is 0.667. The Kier molecular flexibility index (Phi) is 4.98. The van der Waals surface area contributed by atoms with Gasteiger partial charge in [0.15, 0.2) is 0 Å². The molecule has 2 heterocycles. The zero-order valence-corrected chi connectivity index (χ0v) is 12.1. The van der Waals surface area contributed by atoms with E-state index in [1.54, 1.807) is 0 Å². The summed E-state index contributed by atoms with van der Waals surface area (Å²) in [5.74, 6) is -3.50. The molecule has 0 spiro atoms. The molecule has 1 aliphatic rings. The molecule has 0 radical (unpaired) electrons. The standard InChI is InChI=1S/C15H21F2NO3/c1-2-12-3-4-13(21-12)10-18-7-5-11(9-14(19)20)15(16,17)6-8-18/h3-4,11H,2,5-10H2,1H3,(H,19,20). The van der Waals surface area contributed by atoms with Gasteiger partial charge in [0.1, 0.15) is 11.5 Å². The van der Waals surface area contributed by atoms with Crippen LogP contribution >= 0.6 is 0 Å². The molecule has 1 unspecified atom stereocenters. The quantitative estimate of drug-likeness (QED) is 0.907. The molecule has 118 valence electrons. The Hall–Kier alpha value is -1.43. The van der Waals surface area contributed by atoms with Gasteiger partial charge >= 0.3 is 5.97 Å². The van der Waals surface area contributed by atoms with E-state index in [2.05, 4.69) is 0 Å². The van der Waals surface area contributed by atoms with E-state index in [9.17, 15) is 13.6 Å². The maximum atomic E-state index is 13.9. The van der Waals surface area contributed by atoms with E-state index in [1.165, 1.54) is 0 Å². The molecule has 1 fully saturated rings. The molecular formula is C15H21F2NO3. The molecule has 0 aromatic carbocycles. The average Bonchev–Trinajstić information content (AvgIpc) is 2.82. The Bertz CT molecular complexity index is 487. The van der Waals surface area contributed by atoms with E-state index in [4.69, 9.17) is 9.52 Å². The minimum Gasteiger partial charge on any atom is -0.481 e. The molecular weight excluding hydrogens is 280 g/mol. The molecule has 1 aromatic rings. The topological polar surface area (TPSA) is 53.7 Å². The minimum atomic E-state index is -2.91. The maximum absolute atomic E-state index is 13.9. The van der Waals surface area contributed by atoms with Gasteiger partial charge in [-0.1, -0.05) is 6.92 Å². The number of hydrogen-bond acceptors (Lipinski definition) is 3. The first-order chi connectivity index (χ1) is 9.90. The molecule has 0 aliphatic carbocycles. The molecule has 0 saturated carbocycles. The predicted octanol–water partition coefficient (Wildman–Crippen LogP) is 3.16. The van der Waals surface area contributed by atoms with Crippen LogP contribution in [0, 0.1) is 5.92 Å². The largest absolute Gasteiger partial charge is 0.481 e. The van der Waals surface area contributed by atoms with Crippen molar-refractivity contribution >= 4 is 5.97 Å². The van der Waals surface area contributed by atoms with Gasteiger partial charge in [0, 0.05) is 25.3 Å². The van der Waals surface area contributed by atoms with Crippen molar-refractivity contribution in [1.82, 2.24) is 4.90 Å². The van der Waals surface area contributed by atoms with Crippen LogP contribution in [0.3, 0.4) is 0 Å². The van der Waals surface area contributed by atoms with Crippen LogP contribution in [0.4, 0.5) is 8.78 Å². The molecule has 1 saturated heterocycles. The Balaban J connectivity index is 1.97. The van der Waals surface area contributed by atoms with Gasteiger partial charge in [-0.3, -0.25) is 9.69 Å². The molecule has 6 heteroatoms. The van der Waals surface area contributed by atoms with Crippen LogP contribution in [-0.4, -0.2) is 35.0 Å². The fourth-order valence-corrected chi connectivity index (χ4v) is 2.71. The van der Waals surface area contributed by atoms with Crippen molar-refractivity contribution < 1.29 is 23.1 Å². The zero-order valence-electron chi connectivity index (χ0n) is 12.1. The highest BCUT2D eigenvalue weighted by Gasteiger charge is 2.42. The number of aryl methyl sites for hydroxylation is 1. The van der Waals surface area contributed by atoms with Gasteiger partial charge in [0.05, 0.1) is 13.0 Å². The summed E-state index contributed by atoms with van der Waals surface area (Å²) in [5.41, 5.74) is 0. The summed E-state index contributed by atoms with van der Waals surface area (Å²) in [7, 11) is 0. The van der Waals surface area contributed by atoms with Gasteiger partial charge in [0.25, 0.3) is 5.92 Å². The highest BCUT2D eigenvalue weighted by atomic mass is 19.3. The van der Waals surface area contributed by atoms with Crippen LogP contribution in [0.25, 0.3) is 0 Å². The number of aliphatic carboxylic acids is 1. The Morgan fingerprint density at radius 2 is 2.14 bits per heavy atom. The lowest BCUT2D eigenvalue weighted by Crippen LogP contribution is -2.30. The van der Waals surface area contributed by atoms with E-state index in [0.717, 1.165) is 17.9 Å². The summed E-state index contributed by atoms with van der Waals surface area (Å²) in [4.78, 5) is 12.6. The first kappa shape index (κ1) is 15.9. The number of carbonyl (C=O) groups is 1. The van der Waals surface area contributed by atoms with Gasteiger partial charge in [0.2, 0.25) is 0 Å². The number of carboxylic acid groups (broad SMARTS) is 1. The third-order valence-electron chi connectivity index (χ3n) is 4.02. The SMILES string of the molecule is CCc1ccc(CN2CCC(CC(=O)O)C(F)(F)CC2)o1. The lowest BCUT2D eigenvalue weighted by Gasteiger charge is -2.22. The molecule has 0 bridgehead atoms. The maximum Gasteiger partial charge on any atom is 0.303 e. The first-order valence-corrected chi connectivity index (χ1v) is 7.30. The van der Waals surface area contributed by atoms with E-state index in [1.807, 2.05) is 24.0 Å². The highest BCUT2D eigenvalue weighted by molar-refractivity contribution is 5.67. The van der Waals surface area contributed by atoms with Crippen LogP contribution in [0.1, 0.15) is 37.7 Å². The second-order valence-corrected chi connectivity index (χ2v) is 5.59. The number of furan rings is 1. The van der Waals surface area contributed by atoms with Crippen molar-refractivity contribution in [2.45, 2.75) is 45.1 Å². The summed E-state index contributed by atoms with van der Waals surface area (Å²) in [6.45, 7) is 3.21.